The van der Waals surface area contributed by atoms with Crippen LogP contribution in [0.1, 0.15) is 25.8 Å². The standard InChI is InChI=1S/C17H25NO3/c1-12(2)18-9-8-14(10-18)16(17(19)20)11-21-15-6-4-13(3)5-7-15/h4-7,12,14,16H,8-11H2,1-3H3,(H,19,20). The number of likely N-dealkylation sites (tertiary alicyclic amines) is 1. The fourth-order valence-corrected chi connectivity index (χ4v) is 2.84. The van der Waals surface area contributed by atoms with Crippen molar-refractivity contribution in [3.63, 3.8) is 0 Å². The van der Waals surface area contributed by atoms with Crippen LogP contribution in [0.5, 0.6) is 5.75 Å². The molecule has 1 N–H and O–H groups in total. The first-order valence-electron chi connectivity index (χ1n) is 7.63. The lowest BCUT2D eigenvalue weighted by atomic mass is 9.92. The molecule has 1 aromatic carbocycles. The van der Waals surface area contributed by atoms with E-state index in [0.29, 0.717) is 6.04 Å². The molecule has 0 bridgehead atoms. The Kier molecular flexibility index (Phi) is 5.23. The summed E-state index contributed by atoms with van der Waals surface area (Å²) in [6.45, 7) is 8.41. The Balaban J connectivity index is 1.94. The molecule has 2 rings (SSSR count). The van der Waals surface area contributed by atoms with E-state index >= 15 is 0 Å². The lowest BCUT2D eigenvalue weighted by Crippen LogP contribution is -2.33. The zero-order chi connectivity index (χ0) is 15.4. The first-order chi connectivity index (χ1) is 9.97. The van der Waals surface area contributed by atoms with Gasteiger partial charge in [0, 0.05) is 12.6 Å². The van der Waals surface area contributed by atoms with Gasteiger partial charge >= 0.3 is 5.97 Å². The molecule has 21 heavy (non-hydrogen) atoms. The van der Waals surface area contributed by atoms with Crippen molar-refractivity contribution in [2.45, 2.75) is 33.2 Å². The maximum Gasteiger partial charge on any atom is 0.310 e. The minimum atomic E-state index is -0.752. The molecule has 1 aromatic rings. The topological polar surface area (TPSA) is 49.8 Å². The third-order valence-electron chi connectivity index (χ3n) is 4.32. The average molecular weight is 291 g/mol. The number of aryl methyl sites for hydroxylation is 1. The molecule has 1 aliphatic rings. The van der Waals surface area contributed by atoms with Crippen LogP contribution in [-0.2, 0) is 4.79 Å². The van der Waals surface area contributed by atoms with Gasteiger partial charge in [-0.15, -0.1) is 0 Å². The third kappa shape index (κ3) is 4.21. The van der Waals surface area contributed by atoms with Crippen molar-refractivity contribution in [2.75, 3.05) is 19.7 Å². The van der Waals surface area contributed by atoms with Gasteiger partial charge in [-0.05, 0) is 51.8 Å². The lowest BCUT2D eigenvalue weighted by molar-refractivity contribution is -0.144. The first-order valence-corrected chi connectivity index (χ1v) is 7.63. The Bertz CT molecular complexity index is 469. The highest BCUT2D eigenvalue weighted by Gasteiger charge is 2.35. The summed E-state index contributed by atoms with van der Waals surface area (Å²) in [6, 6.07) is 8.21. The van der Waals surface area contributed by atoms with E-state index in [1.54, 1.807) is 0 Å². The SMILES string of the molecule is Cc1ccc(OCC(C(=O)O)C2CCN(C(C)C)C2)cc1. The van der Waals surface area contributed by atoms with Crippen LogP contribution in [0.4, 0.5) is 0 Å². The van der Waals surface area contributed by atoms with E-state index in [4.69, 9.17) is 4.74 Å². The first kappa shape index (κ1) is 15.8. The number of benzene rings is 1. The van der Waals surface area contributed by atoms with Crippen LogP contribution in [0.2, 0.25) is 0 Å². The van der Waals surface area contributed by atoms with Gasteiger partial charge in [-0.1, -0.05) is 17.7 Å². The zero-order valence-electron chi connectivity index (χ0n) is 13.1. The summed E-state index contributed by atoms with van der Waals surface area (Å²) in [5, 5.41) is 9.48. The van der Waals surface area contributed by atoms with E-state index in [-0.39, 0.29) is 12.5 Å². The second-order valence-electron chi connectivity index (χ2n) is 6.21. The molecule has 2 atom stereocenters. The molecule has 116 valence electrons. The number of aliphatic carboxylic acids is 1. The van der Waals surface area contributed by atoms with Crippen molar-refractivity contribution in [1.82, 2.24) is 4.90 Å². The molecule has 1 aliphatic heterocycles. The summed E-state index contributed by atoms with van der Waals surface area (Å²) in [7, 11) is 0. The van der Waals surface area contributed by atoms with E-state index in [0.717, 1.165) is 25.3 Å². The molecule has 1 fully saturated rings. The molecule has 0 aliphatic carbocycles. The van der Waals surface area contributed by atoms with Crippen molar-refractivity contribution in [3.05, 3.63) is 29.8 Å². The van der Waals surface area contributed by atoms with Crippen LogP contribution in [-0.4, -0.2) is 41.7 Å². The fraction of sp³-hybridized carbons (Fsp3) is 0.588. The van der Waals surface area contributed by atoms with Gasteiger partial charge in [-0.25, -0.2) is 0 Å². The van der Waals surface area contributed by atoms with Crippen molar-refractivity contribution < 1.29 is 14.6 Å². The lowest BCUT2D eigenvalue weighted by Gasteiger charge is -2.23. The number of ether oxygens (including phenoxy) is 1. The number of nitrogens with zero attached hydrogens (tertiary/aromatic N) is 1. The van der Waals surface area contributed by atoms with E-state index < -0.39 is 11.9 Å². The molecular formula is C17H25NO3. The third-order valence-corrected chi connectivity index (χ3v) is 4.32. The van der Waals surface area contributed by atoms with E-state index in [1.165, 1.54) is 5.56 Å². The zero-order valence-corrected chi connectivity index (χ0v) is 13.1. The molecule has 0 saturated carbocycles. The van der Waals surface area contributed by atoms with Crippen LogP contribution < -0.4 is 4.74 Å². The van der Waals surface area contributed by atoms with Crippen molar-refractivity contribution >= 4 is 5.97 Å². The van der Waals surface area contributed by atoms with Crippen LogP contribution in [0.15, 0.2) is 24.3 Å². The molecule has 0 aromatic heterocycles. The number of carbonyl (C=O) groups is 1. The summed E-state index contributed by atoms with van der Waals surface area (Å²) in [5.41, 5.74) is 1.17. The smallest absolute Gasteiger partial charge is 0.310 e. The predicted molar refractivity (Wildman–Crippen MR) is 82.6 cm³/mol. The minimum Gasteiger partial charge on any atom is -0.493 e. The van der Waals surface area contributed by atoms with Crippen molar-refractivity contribution in [2.24, 2.45) is 11.8 Å². The van der Waals surface area contributed by atoms with Gasteiger partial charge in [0.1, 0.15) is 12.4 Å². The Labute approximate surface area is 126 Å². The number of hydrogen-bond acceptors (Lipinski definition) is 3. The van der Waals surface area contributed by atoms with Gasteiger partial charge in [-0.3, -0.25) is 4.79 Å². The molecular weight excluding hydrogens is 266 g/mol. The highest BCUT2D eigenvalue weighted by Crippen LogP contribution is 2.27. The van der Waals surface area contributed by atoms with Gasteiger partial charge in [0.2, 0.25) is 0 Å². The largest absolute Gasteiger partial charge is 0.493 e. The monoisotopic (exact) mass is 291 g/mol. The van der Waals surface area contributed by atoms with E-state index in [1.807, 2.05) is 31.2 Å². The van der Waals surface area contributed by atoms with Gasteiger partial charge in [-0.2, -0.15) is 0 Å². The molecule has 0 spiro atoms. The summed E-state index contributed by atoms with van der Waals surface area (Å²) in [5.74, 6) is -0.270. The van der Waals surface area contributed by atoms with Gasteiger partial charge in [0.15, 0.2) is 0 Å². The highest BCUT2D eigenvalue weighted by molar-refractivity contribution is 5.70. The second kappa shape index (κ2) is 6.94. The highest BCUT2D eigenvalue weighted by atomic mass is 16.5. The Morgan fingerprint density at radius 1 is 1.38 bits per heavy atom. The van der Waals surface area contributed by atoms with Gasteiger partial charge in [0.25, 0.3) is 0 Å². The van der Waals surface area contributed by atoms with E-state index in [9.17, 15) is 9.90 Å². The van der Waals surface area contributed by atoms with Crippen LogP contribution in [0.25, 0.3) is 0 Å². The number of rotatable bonds is 6. The fourth-order valence-electron chi connectivity index (χ4n) is 2.84. The molecule has 0 radical (unpaired) electrons. The van der Waals surface area contributed by atoms with Crippen LogP contribution >= 0.6 is 0 Å². The van der Waals surface area contributed by atoms with Crippen molar-refractivity contribution in [3.8, 4) is 5.75 Å². The maximum absolute atomic E-state index is 11.5. The maximum atomic E-state index is 11.5. The summed E-state index contributed by atoms with van der Waals surface area (Å²) in [4.78, 5) is 13.9. The summed E-state index contributed by atoms with van der Waals surface area (Å²) in [6.07, 6.45) is 0.937. The van der Waals surface area contributed by atoms with Crippen molar-refractivity contribution in [1.29, 1.82) is 0 Å². The Morgan fingerprint density at radius 3 is 2.57 bits per heavy atom. The molecule has 1 saturated heterocycles. The molecule has 2 unspecified atom stereocenters. The Hall–Kier alpha value is -1.55. The minimum absolute atomic E-state index is 0.176. The van der Waals surface area contributed by atoms with E-state index in [2.05, 4.69) is 18.7 Å². The average Bonchev–Trinajstić information content (AvgIpc) is 2.90. The van der Waals surface area contributed by atoms with Crippen LogP contribution in [0.3, 0.4) is 0 Å². The predicted octanol–water partition coefficient (Wildman–Crippen LogP) is 2.80. The van der Waals surface area contributed by atoms with Gasteiger partial charge < -0.3 is 14.7 Å². The Morgan fingerprint density at radius 2 is 2.05 bits per heavy atom. The second-order valence-corrected chi connectivity index (χ2v) is 6.21. The summed E-state index contributed by atoms with van der Waals surface area (Å²) < 4.78 is 5.69. The number of carboxylic acids is 1. The van der Waals surface area contributed by atoms with Crippen LogP contribution in [0, 0.1) is 18.8 Å². The molecule has 0 amide bonds. The number of hydrogen-bond donors (Lipinski definition) is 1. The number of carboxylic acid groups (broad SMARTS) is 1. The van der Waals surface area contributed by atoms with Gasteiger partial charge in [0.05, 0.1) is 5.92 Å². The normalized spacial score (nSPS) is 20.7. The molecule has 4 nitrogen and oxygen atoms in total. The molecule has 4 heteroatoms. The molecule has 1 heterocycles. The quantitative estimate of drug-likeness (QED) is 0.875. The summed E-state index contributed by atoms with van der Waals surface area (Å²) >= 11 is 0.